The van der Waals surface area contributed by atoms with Gasteiger partial charge in [0.15, 0.2) is 0 Å². The van der Waals surface area contributed by atoms with Crippen LogP contribution in [0.5, 0.6) is 0 Å². The molecule has 156 valence electrons. The quantitative estimate of drug-likeness (QED) is 0.524. The molecule has 0 bridgehead atoms. The minimum atomic E-state index is -1.12. The minimum absolute atomic E-state index is 0.0114. The van der Waals surface area contributed by atoms with Gasteiger partial charge in [-0.25, -0.2) is 9.59 Å². The van der Waals surface area contributed by atoms with Gasteiger partial charge in [-0.1, -0.05) is 35.5 Å². The van der Waals surface area contributed by atoms with Crippen molar-refractivity contribution in [3.63, 3.8) is 0 Å². The third kappa shape index (κ3) is 6.58. The highest BCUT2D eigenvalue weighted by Gasteiger charge is 2.22. The number of hydrogen-bond acceptors (Lipinski definition) is 7. The monoisotopic (exact) mass is 456 g/mol. The van der Waals surface area contributed by atoms with Gasteiger partial charge in [-0.05, 0) is 29.2 Å². The molecule has 1 aliphatic heterocycles. The van der Waals surface area contributed by atoms with Crippen LogP contribution in [0.2, 0.25) is 5.02 Å². The summed E-state index contributed by atoms with van der Waals surface area (Å²) in [5.74, 6) is -0.576. The van der Waals surface area contributed by atoms with Crippen LogP contribution in [0.25, 0.3) is 0 Å². The molecule has 0 spiro atoms. The summed E-state index contributed by atoms with van der Waals surface area (Å²) in [5, 5.41) is 16.2. The first-order valence-electron chi connectivity index (χ1n) is 8.98. The van der Waals surface area contributed by atoms with Crippen molar-refractivity contribution in [2.24, 2.45) is 0 Å². The summed E-state index contributed by atoms with van der Waals surface area (Å²) in [6.45, 7) is 4.26. The molecule has 11 heteroatoms. The number of carbonyl (C=O) groups excluding carboxylic acids is 1. The maximum atomic E-state index is 12.2. The molecule has 2 aromatic rings. The van der Waals surface area contributed by atoms with E-state index in [1.165, 1.54) is 11.8 Å². The number of aromatic carboxylic acids is 1. The van der Waals surface area contributed by atoms with Crippen molar-refractivity contribution in [2.75, 3.05) is 44.7 Å². The Morgan fingerprint density at radius 2 is 2.00 bits per heavy atom. The summed E-state index contributed by atoms with van der Waals surface area (Å²) in [6.07, 6.45) is 0. The van der Waals surface area contributed by atoms with Gasteiger partial charge < -0.3 is 15.2 Å². The fourth-order valence-corrected chi connectivity index (χ4v) is 4.70. The van der Waals surface area contributed by atoms with Crippen LogP contribution in [0.1, 0.15) is 15.9 Å². The van der Waals surface area contributed by atoms with Crippen molar-refractivity contribution in [1.29, 1.82) is 0 Å². The van der Waals surface area contributed by atoms with E-state index >= 15 is 0 Å². The van der Waals surface area contributed by atoms with E-state index in [1.54, 1.807) is 12.1 Å². The molecule has 3 rings (SSSR count). The second-order valence-corrected chi connectivity index (χ2v) is 8.42. The second kappa shape index (κ2) is 10.8. The number of carboxylic acids is 1. The largest absolute Gasteiger partial charge is 0.477 e. The molecule has 1 fully saturated rings. The van der Waals surface area contributed by atoms with E-state index in [2.05, 4.69) is 19.9 Å². The molecule has 1 aromatic carbocycles. The van der Waals surface area contributed by atoms with Crippen molar-refractivity contribution in [1.82, 2.24) is 14.6 Å². The van der Waals surface area contributed by atoms with Crippen LogP contribution in [0, 0.1) is 0 Å². The lowest BCUT2D eigenvalue weighted by molar-refractivity contribution is 0.0388. The number of nitrogens with zero attached hydrogens (tertiary/aromatic N) is 2. The molecule has 29 heavy (non-hydrogen) atoms. The molecule has 8 nitrogen and oxygen atoms in total. The number of nitrogens with one attached hydrogen (secondary N) is 2. The van der Waals surface area contributed by atoms with Crippen molar-refractivity contribution in [2.45, 2.75) is 10.8 Å². The van der Waals surface area contributed by atoms with E-state index in [0.717, 1.165) is 30.2 Å². The van der Waals surface area contributed by atoms with Gasteiger partial charge >= 0.3 is 12.0 Å². The van der Waals surface area contributed by atoms with Crippen LogP contribution in [0.4, 0.5) is 9.80 Å². The van der Waals surface area contributed by atoms with Gasteiger partial charge in [0.05, 0.1) is 13.2 Å². The lowest BCUT2D eigenvalue weighted by Gasteiger charge is -2.26. The summed E-state index contributed by atoms with van der Waals surface area (Å²) in [6, 6.07) is 6.88. The lowest BCUT2D eigenvalue weighted by Crippen LogP contribution is -2.42. The lowest BCUT2D eigenvalue weighted by atomic mass is 10.2. The molecule has 0 saturated carbocycles. The molecule has 3 N–H and O–H groups in total. The highest BCUT2D eigenvalue weighted by atomic mass is 35.5. The SMILES string of the molecule is O=C(NCCN1CCOCC1)Nc1snc(SCc2ccc(Cl)cc2)c1C(=O)O. The van der Waals surface area contributed by atoms with Crippen molar-refractivity contribution in [3.05, 3.63) is 40.4 Å². The third-order valence-corrected chi connectivity index (χ3v) is 6.38. The molecular formula is C18H21ClN4O4S2. The number of anilines is 1. The molecule has 1 saturated heterocycles. The molecule has 0 atom stereocenters. The Morgan fingerprint density at radius 1 is 1.28 bits per heavy atom. The summed E-state index contributed by atoms with van der Waals surface area (Å²) in [5.41, 5.74) is 1.01. The summed E-state index contributed by atoms with van der Waals surface area (Å²) < 4.78 is 9.50. The van der Waals surface area contributed by atoms with Crippen LogP contribution < -0.4 is 10.6 Å². The smallest absolute Gasteiger partial charge is 0.341 e. The van der Waals surface area contributed by atoms with Crippen LogP contribution >= 0.6 is 34.9 Å². The van der Waals surface area contributed by atoms with E-state index in [1.807, 2.05) is 12.1 Å². The van der Waals surface area contributed by atoms with Crippen molar-refractivity contribution in [3.8, 4) is 0 Å². The van der Waals surface area contributed by atoms with Gasteiger partial charge in [-0.15, -0.1) is 0 Å². The molecule has 2 heterocycles. The fourth-order valence-electron chi connectivity index (χ4n) is 2.68. The van der Waals surface area contributed by atoms with E-state index in [4.69, 9.17) is 16.3 Å². The van der Waals surface area contributed by atoms with Gasteiger partial charge in [0.25, 0.3) is 0 Å². The predicted octanol–water partition coefficient (Wildman–Crippen LogP) is 3.24. The number of thioether (sulfide) groups is 1. The Morgan fingerprint density at radius 3 is 2.69 bits per heavy atom. The average molecular weight is 457 g/mol. The Kier molecular flexibility index (Phi) is 8.13. The van der Waals surface area contributed by atoms with Crippen molar-refractivity contribution >= 4 is 51.9 Å². The number of urea groups is 1. The van der Waals surface area contributed by atoms with Crippen LogP contribution in [-0.2, 0) is 10.5 Å². The Labute approximate surface area is 181 Å². The number of hydrogen-bond donors (Lipinski definition) is 3. The summed E-state index contributed by atoms with van der Waals surface area (Å²) >= 11 is 8.14. The number of amides is 2. The van der Waals surface area contributed by atoms with E-state index in [-0.39, 0.29) is 10.6 Å². The van der Waals surface area contributed by atoms with Crippen LogP contribution in [-0.4, -0.2) is 65.8 Å². The number of morpholine rings is 1. The van der Waals surface area contributed by atoms with Gasteiger partial charge in [-0.2, -0.15) is 4.37 Å². The fraction of sp³-hybridized carbons (Fsp3) is 0.389. The first-order chi connectivity index (χ1) is 14.0. The number of rotatable bonds is 8. The number of halogens is 1. The number of carbonyl (C=O) groups is 2. The minimum Gasteiger partial charge on any atom is -0.477 e. The standard InChI is InChI=1S/C18H21ClN4O4S2/c19-13-3-1-12(2-4-13)11-28-16-14(17(24)25)15(29-22-16)21-18(26)20-5-6-23-7-9-27-10-8-23/h1-4H,5-11H2,(H,24,25)(H2,20,21,26). The molecule has 1 aliphatic rings. The van der Waals surface area contributed by atoms with Crippen LogP contribution in [0.15, 0.2) is 29.3 Å². The molecule has 0 radical (unpaired) electrons. The topological polar surface area (TPSA) is 104 Å². The van der Waals surface area contributed by atoms with E-state index in [0.29, 0.717) is 42.1 Å². The Bertz CT molecular complexity index is 841. The van der Waals surface area contributed by atoms with E-state index < -0.39 is 12.0 Å². The molecule has 1 aromatic heterocycles. The zero-order valence-electron chi connectivity index (χ0n) is 15.5. The molecule has 0 aliphatic carbocycles. The van der Waals surface area contributed by atoms with Gasteiger partial charge in [0.1, 0.15) is 15.6 Å². The van der Waals surface area contributed by atoms with Crippen molar-refractivity contribution < 1.29 is 19.4 Å². The highest BCUT2D eigenvalue weighted by molar-refractivity contribution is 7.98. The molecule has 0 unspecified atom stereocenters. The van der Waals surface area contributed by atoms with Gasteiger partial charge in [0, 0.05) is 37.0 Å². The number of ether oxygens (including phenoxy) is 1. The third-order valence-electron chi connectivity index (χ3n) is 4.21. The number of benzene rings is 1. The first kappa shape index (κ1) is 21.8. The van der Waals surface area contributed by atoms with E-state index in [9.17, 15) is 14.7 Å². The highest BCUT2D eigenvalue weighted by Crippen LogP contribution is 2.33. The average Bonchev–Trinajstić information content (AvgIpc) is 3.11. The van der Waals surface area contributed by atoms with Gasteiger partial charge in [0.2, 0.25) is 0 Å². The maximum absolute atomic E-state index is 12.2. The number of aromatic nitrogens is 1. The van der Waals surface area contributed by atoms with Crippen LogP contribution in [0.3, 0.4) is 0 Å². The Hall–Kier alpha value is -1.85. The predicted molar refractivity (Wildman–Crippen MR) is 114 cm³/mol. The zero-order chi connectivity index (χ0) is 20.6. The number of carboxylic acid groups (broad SMARTS) is 1. The first-order valence-corrected chi connectivity index (χ1v) is 11.1. The summed E-state index contributed by atoms with van der Waals surface area (Å²) in [4.78, 5) is 26.1. The second-order valence-electron chi connectivity index (χ2n) is 6.25. The normalized spacial score (nSPS) is 14.5. The summed E-state index contributed by atoms with van der Waals surface area (Å²) in [7, 11) is 0. The Balaban J connectivity index is 1.53. The molecular weight excluding hydrogens is 436 g/mol. The zero-order valence-corrected chi connectivity index (χ0v) is 17.9. The maximum Gasteiger partial charge on any atom is 0.341 e. The van der Waals surface area contributed by atoms with Gasteiger partial charge in [-0.3, -0.25) is 10.2 Å². The molecule has 2 amide bonds.